The number of aromatic nitrogens is 2. The minimum atomic E-state index is -3.29. The molecule has 0 aliphatic heterocycles. The Hall–Kier alpha value is -1.37. The molecule has 1 N–H and O–H groups in total. The highest BCUT2D eigenvalue weighted by Gasteiger charge is 2.06. The molecular formula is C9H16N4O2S. The lowest BCUT2D eigenvalue weighted by atomic mass is 10.4. The normalized spacial score (nSPS) is 11.2. The van der Waals surface area contributed by atoms with Gasteiger partial charge in [0.25, 0.3) is 0 Å². The molecule has 0 bridgehead atoms. The van der Waals surface area contributed by atoms with Crippen LogP contribution in [0.3, 0.4) is 0 Å². The van der Waals surface area contributed by atoms with E-state index in [1.807, 2.05) is 18.7 Å². The summed E-state index contributed by atoms with van der Waals surface area (Å²) in [5.74, 6) is 0.974. The Balaban J connectivity index is 2.82. The third-order valence-corrected chi connectivity index (χ3v) is 2.61. The highest BCUT2D eigenvalue weighted by atomic mass is 32.2. The molecule has 0 aromatic carbocycles. The van der Waals surface area contributed by atoms with E-state index in [1.54, 1.807) is 12.1 Å². The summed E-state index contributed by atoms with van der Waals surface area (Å²) in [5.41, 5.74) is 0. The van der Waals surface area contributed by atoms with Gasteiger partial charge in [0.1, 0.15) is 0 Å². The SMILES string of the molecule is CCN(CC)c1ccc(NS(C)(=O)=O)nn1. The molecule has 1 aromatic rings. The number of hydrogen-bond donors (Lipinski definition) is 1. The number of nitrogens with one attached hydrogen (secondary N) is 1. The van der Waals surface area contributed by atoms with E-state index in [9.17, 15) is 8.42 Å². The van der Waals surface area contributed by atoms with E-state index >= 15 is 0 Å². The van der Waals surface area contributed by atoms with Crippen LogP contribution in [0.15, 0.2) is 12.1 Å². The van der Waals surface area contributed by atoms with Gasteiger partial charge in [0.2, 0.25) is 10.0 Å². The molecule has 16 heavy (non-hydrogen) atoms. The van der Waals surface area contributed by atoms with E-state index in [4.69, 9.17) is 0 Å². The molecule has 1 aromatic heterocycles. The zero-order valence-corrected chi connectivity index (χ0v) is 10.5. The van der Waals surface area contributed by atoms with Gasteiger partial charge < -0.3 is 4.90 Å². The Morgan fingerprint density at radius 3 is 2.25 bits per heavy atom. The minimum Gasteiger partial charge on any atom is -0.356 e. The average Bonchev–Trinajstić information content (AvgIpc) is 2.20. The molecule has 6 nitrogen and oxygen atoms in total. The highest BCUT2D eigenvalue weighted by Crippen LogP contribution is 2.11. The zero-order chi connectivity index (χ0) is 12.2. The molecule has 0 radical (unpaired) electrons. The smallest absolute Gasteiger partial charge is 0.231 e. The van der Waals surface area contributed by atoms with Gasteiger partial charge in [-0.2, -0.15) is 0 Å². The summed E-state index contributed by atoms with van der Waals surface area (Å²) >= 11 is 0. The zero-order valence-electron chi connectivity index (χ0n) is 9.64. The van der Waals surface area contributed by atoms with E-state index in [0.29, 0.717) is 0 Å². The molecule has 90 valence electrons. The summed E-state index contributed by atoms with van der Waals surface area (Å²) in [4.78, 5) is 2.03. The van der Waals surface area contributed by atoms with E-state index in [-0.39, 0.29) is 5.82 Å². The van der Waals surface area contributed by atoms with Crippen LogP contribution in [0.25, 0.3) is 0 Å². The van der Waals surface area contributed by atoms with Crippen molar-refractivity contribution in [2.75, 3.05) is 29.0 Å². The van der Waals surface area contributed by atoms with Crippen LogP contribution in [0.2, 0.25) is 0 Å². The average molecular weight is 244 g/mol. The molecule has 0 fully saturated rings. The molecule has 0 atom stereocenters. The lowest BCUT2D eigenvalue weighted by Crippen LogP contribution is -2.23. The number of hydrogen-bond acceptors (Lipinski definition) is 5. The molecule has 0 amide bonds. The molecule has 0 spiro atoms. The van der Waals surface area contributed by atoms with Gasteiger partial charge in [-0.1, -0.05) is 0 Å². The van der Waals surface area contributed by atoms with Crippen molar-refractivity contribution in [2.45, 2.75) is 13.8 Å². The fourth-order valence-corrected chi connectivity index (χ4v) is 1.77. The molecule has 0 saturated carbocycles. The van der Waals surface area contributed by atoms with Crippen molar-refractivity contribution in [3.63, 3.8) is 0 Å². The number of nitrogens with zero attached hydrogens (tertiary/aromatic N) is 3. The van der Waals surface area contributed by atoms with Crippen molar-refractivity contribution < 1.29 is 8.42 Å². The number of rotatable bonds is 5. The van der Waals surface area contributed by atoms with Crippen LogP contribution in [0, 0.1) is 0 Å². The lowest BCUT2D eigenvalue weighted by molar-refractivity contribution is 0.606. The van der Waals surface area contributed by atoms with Crippen LogP contribution >= 0.6 is 0 Å². The van der Waals surface area contributed by atoms with Gasteiger partial charge in [-0.15, -0.1) is 10.2 Å². The fraction of sp³-hybridized carbons (Fsp3) is 0.556. The van der Waals surface area contributed by atoms with Crippen LogP contribution in [0.4, 0.5) is 11.6 Å². The molecule has 1 rings (SSSR count). The Morgan fingerprint density at radius 2 is 1.88 bits per heavy atom. The van der Waals surface area contributed by atoms with E-state index in [0.717, 1.165) is 25.2 Å². The van der Waals surface area contributed by atoms with Gasteiger partial charge in [-0.3, -0.25) is 4.72 Å². The summed E-state index contributed by atoms with van der Waals surface area (Å²) in [7, 11) is -3.29. The molecule has 0 unspecified atom stereocenters. The van der Waals surface area contributed by atoms with Gasteiger partial charge in [0.15, 0.2) is 11.6 Å². The monoisotopic (exact) mass is 244 g/mol. The maximum Gasteiger partial charge on any atom is 0.231 e. The molecule has 0 aliphatic rings. The second-order valence-corrected chi connectivity index (χ2v) is 5.07. The van der Waals surface area contributed by atoms with Gasteiger partial charge in [0, 0.05) is 13.1 Å². The first-order valence-corrected chi connectivity index (χ1v) is 6.92. The van der Waals surface area contributed by atoms with Crippen molar-refractivity contribution in [1.82, 2.24) is 10.2 Å². The van der Waals surface area contributed by atoms with Crippen LogP contribution in [-0.4, -0.2) is 38.0 Å². The molecule has 1 heterocycles. The Kier molecular flexibility index (Phi) is 4.05. The van der Waals surface area contributed by atoms with E-state index in [2.05, 4.69) is 14.9 Å². The van der Waals surface area contributed by atoms with Crippen LogP contribution < -0.4 is 9.62 Å². The summed E-state index contributed by atoms with van der Waals surface area (Å²) in [6.07, 6.45) is 1.08. The highest BCUT2D eigenvalue weighted by molar-refractivity contribution is 7.92. The van der Waals surface area contributed by atoms with Crippen molar-refractivity contribution in [2.24, 2.45) is 0 Å². The van der Waals surface area contributed by atoms with Gasteiger partial charge in [-0.25, -0.2) is 8.42 Å². The molecule has 7 heteroatoms. The maximum absolute atomic E-state index is 10.9. The Labute approximate surface area is 95.7 Å². The van der Waals surface area contributed by atoms with Gasteiger partial charge in [0.05, 0.1) is 6.26 Å². The third-order valence-electron chi connectivity index (χ3n) is 2.03. The lowest BCUT2D eigenvalue weighted by Gasteiger charge is -2.18. The van der Waals surface area contributed by atoms with Crippen molar-refractivity contribution in [3.8, 4) is 0 Å². The predicted octanol–water partition coefficient (Wildman–Crippen LogP) is 0.694. The van der Waals surface area contributed by atoms with Gasteiger partial charge in [-0.05, 0) is 26.0 Å². The van der Waals surface area contributed by atoms with Crippen LogP contribution in [-0.2, 0) is 10.0 Å². The Bertz CT molecular complexity index is 425. The summed E-state index contributed by atoms with van der Waals surface area (Å²) in [5, 5.41) is 7.75. The Morgan fingerprint density at radius 1 is 1.25 bits per heavy atom. The van der Waals surface area contributed by atoms with Gasteiger partial charge >= 0.3 is 0 Å². The maximum atomic E-state index is 10.9. The van der Waals surface area contributed by atoms with Crippen LogP contribution in [0.5, 0.6) is 0 Å². The third kappa shape index (κ3) is 3.65. The molecular weight excluding hydrogens is 228 g/mol. The molecule has 0 aliphatic carbocycles. The number of sulfonamides is 1. The predicted molar refractivity (Wildman–Crippen MR) is 64.1 cm³/mol. The first-order valence-electron chi connectivity index (χ1n) is 5.02. The topological polar surface area (TPSA) is 75.2 Å². The van der Waals surface area contributed by atoms with Crippen LogP contribution in [0.1, 0.15) is 13.8 Å². The minimum absolute atomic E-state index is 0.235. The fourth-order valence-electron chi connectivity index (χ4n) is 1.29. The van der Waals surface area contributed by atoms with E-state index < -0.39 is 10.0 Å². The summed E-state index contributed by atoms with van der Waals surface area (Å²) < 4.78 is 24.1. The van der Waals surface area contributed by atoms with Crippen molar-refractivity contribution in [3.05, 3.63) is 12.1 Å². The van der Waals surface area contributed by atoms with Crippen molar-refractivity contribution >= 4 is 21.7 Å². The first kappa shape index (κ1) is 12.7. The summed E-state index contributed by atoms with van der Waals surface area (Å²) in [6.45, 7) is 5.72. The summed E-state index contributed by atoms with van der Waals surface area (Å²) in [6, 6.07) is 3.34. The second-order valence-electron chi connectivity index (χ2n) is 3.32. The second kappa shape index (κ2) is 5.11. The quantitative estimate of drug-likeness (QED) is 0.825. The largest absolute Gasteiger partial charge is 0.356 e. The van der Waals surface area contributed by atoms with Crippen molar-refractivity contribution in [1.29, 1.82) is 0 Å². The first-order chi connectivity index (χ1) is 7.46. The number of anilines is 2. The standard InChI is InChI=1S/C9H16N4O2S/c1-4-13(5-2)9-7-6-8(10-11-9)12-16(3,14)15/h6-7H,4-5H2,1-3H3,(H,10,12). The van der Waals surface area contributed by atoms with E-state index in [1.165, 1.54) is 0 Å². The molecule has 0 saturated heterocycles.